The highest BCUT2D eigenvalue weighted by Crippen LogP contribution is 2.19. The number of sulfonamides is 1. The molecule has 0 radical (unpaired) electrons. The second-order valence-corrected chi connectivity index (χ2v) is 7.06. The molecule has 1 aromatic carbocycles. The topological polar surface area (TPSA) is 101 Å². The highest BCUT2D eigenvalue weighted by atomic mass is 32.2. The first kappa shape index (κ1) is 15.7. The summed E-state index contributed by atoms with van der Waals surface area (Å²) in [6.45, 7) is 2.61. The minimum Gasteiger partial charge on any atom is -0.366 e. The van der Waals surface area contributed by atoms with Crippen molar-refractivity contribution >= 4 is 21.7 Å². The van der Waals surface area contributed by atoms with E-state index < -0.39 is 10.0 Å². The molecule has 2 heterocycles. The highest BCUT2D eigenvalue weighted by Gasteiger charge is 2.14. The molecule has 0 aliphatic carbocycles. The van der Waals surface area contributed by atoms with Gasteiger partial charge in [0.1, 0.15) is 18.0 Å². The first-order valence-corrected chi connectivity index (χ1v) is 8.99. The summed E-state index contributed by atoms with van der Waals surface area (Å²) < 4.78 is 22.5. The van der Waals surface area contributed by atoms with Crippen LogP contribution >= 0.6 is 0 Å². The van der Waals surface area contributed by atoms with Crippen molar-refractivity contribution < 1.29 is 8.42 Å². The Morgan fingerprint density at radius 2 is 1.83 bits per heavy atom. The fourth-order valence-corrected chi connectivity index (χ4v) is 3.07. The van der Waals surface area contributed by atoms with Gasteiger partial charge in [-0.2, -0.15) is 0 Å². The minimum absolute atomic E-state index is 0.111. The molecule has 1 fully saturated rings. The number of primary sulfonamides is 1. The second-order valence-electron chi connectivity index (χ2n) is 5.50. The molecule has 0 saturated carbocycles. The molecule has 0 unspecified atom stereocenters. The summed E-state index contributed by atoms with van der Waals surface area (Å²) in [6, 6.07) is 8.40. The molecule has 8 heteroatoms. The zero-order chi connectivity index (χ0) is 16.3. The Bertz CT molecular complexity index is 771. The number of nitrogens with one attached hydrogen (secondary N) is 1. The van der Waals surface area contributed by atoms with E-state index in [0.29, 0.717) is 6.54 Å². The number of nitrogens with zero attached hydrogens (tertiary/aromatic N) is 3. The Morgan fingerprint density at radius 3 is 2.48 bits per heavy atom. The third kappa shape index (κ3) is 3.96. The van der Waals surface area contributed by atoms with Gasteiger partial charge >= 0.3 is 0 Å². The van der Waals surface area contributed by atoms with Crippen LogP contribution in [0.25, 0.3) is 0 Å². The Balaban J connectivity index is 1.65. The molecule has 3 rings (SSSR count). The normalized spacial score (nSPS) is 14.9. The van der Waals surface area contributed by atoms with Crippen LogP contribution in [0.2, 0.25) is 0 Å². The number of nitrogens with two attached hydrogens (primary N) is 1. The zero-order valence-corrected chi connectivity index (χ0v) is 13.5. The van der Waals surface area contributed by atoms with Crippen molar-refractivity contribution in [3.05, 3.63) is 42.2 Å². The first-order valence-electron chi connectivity index (χ1n) is 7.45. The van der Waals surface area contributed by atoms with Gasteiger partial charge in [0, 0.05) is 25.7 Å². The molecule has 122 valence electrons. The van der Waals surface area contributed by atoms with Crippen molar-refractivity contribution in [3.63, 3.8) is 0 Å². The van der Waals surface area contributed by atoms with Crippen molar-refractivity contribution in [2.24, 2.45) is 5.14 Å². The molecule has 0 bridgehead atoms. The van der Waals surface area contributed by atoms with E-state index in [9.17, 15) is 8.42 Å². The van der Waals surface area contributed by atoms with E-state index in [1.807, 2.05) is 6.07 Å². The predicted molar refractivity (Wildman–Crippen MR) is 88.6 cm³/mol. The van der Waals surface area contributed by atoms with Crippen LogP contribution < -0.4 is 15.4 Å². The number of anilines is 2. The smallest absolute Gasteiger partial charge is 0.238 e. The van der Waals surface area contributed by atoms with Crippen LogP contribution in [0, 0.1) is 0 Å². The van der Waals surface area contributed by atoms with Gasteiger partial charge in [0.2, 0.25) is 10.0 Å². The SMILES string of the molecule is NS(=O)(=O)c1ccc(CNc2cc(N3CCCC3)ncn2)cc1. The maximum absolute atomic E-state index is 11.2. The minimum atomic E-state index is -3.65. The Labute approximate surface area is 135 Å². The van der Waals surface area contributed by atoms with Gasteiger partial charge < -0.3 is 10.2 Å². The lowest BCUT2D eigenvalue weighted by molar-refractivity contribution is 0.598. The number of benzene rings is 1. The van der Waals surface area contributed by atoms with Gasteiger partial charge in [-0.3, -0.25) is 0 Å². The van der Waals surface area contributed by atoms with E-state index in [-0.39, 0.29) is 4.90 Å². The second kappa shape index (κ2) is 6.51. The number of hydrogen-bond acceptors (Lipinski definition) is 6. The van der Waals surface area contributed by atoms with Crippen molar-refractivity contribution in [2.75, 3.05) is 23.3 Å². The zero-order valence-electron chi connectivity index (χ0n) is 12.6. The Kier molecular flexibility index (Phi) is 4.44. The lowest BCUT2D eigenvalue weighted by Gasteiger charge is -2.16. The highest BCUT2D eigenvalue weighted by molar-refractivity contribution is 7.89. The van der Waals surface area contributed by atoms with E-state index in [2.05, 4.69) is 20.2 Å². The fourth-order valence-electron chi connectivity index (χ4n) is 2.55. The van der Waals surface area contributed by atoms with E-state index in [0.717, 1.165) is 30.3 Å². The molecule has 7 nitrogen and oxygen atoms in total. The molecular weight excluding hydrogens is 314 g/mol. The maximum Gasteiger partial charge on any atom is 0.238 e. The summed E-state index contributed by atoms with van der Waals surface area (Å²) >= 11 is 0. The average molecular weight is 333 g/mol. The third-order valence-corrected chi connectivity index (χ3v) is 4.74. The molecule has 3 N–H and O–H groups in total. The van der Waals surface area contributed by atoms with Crippen molar-refractivity contribution in [2.45, 2.75) is 24.3 Å². The largest absolute Gasteiger partial charge is 0.366 e. The summed E-state index contributed by atoms with van der Waals surface area (Å²) in [4.78, 5) is 10.9. The van der Waals surface area contributed by atoms with E-state index >= 15 is 0 Å². The van der Waals surface area contributed by atoms with E-state index in [4.69, 9.17) is 5.14 Å². The maximum atomic E-state index is 11.2. The summed E-state index contributed by atoms with van der Waals surface area (Å²) in [5.41, 5.74) is 0.943. The lowest BCUT2D eigenvalue weighted by atomic mass is 10.2. The van der Waals surface area contributed by atoms with Crippen LogP contribution in [0.5, 0.6) is 0 Å². The predicted octanol–water partition coefficient (Wildman–Crippen LogP) is 1.34. The molecule has 0 amide bonds. The first-order chi connectivity index (χ1) is 11.0. The quantitative estimate of drug-likeness (QED) is 0.856. The third-order valence-electron chi connectivity index (χ3n) is 3.81. The molecule has 1 saturated heterocycles. The molecule has 1 aliphatic heterocycles. The van der Waals surface area contributed by atoms with Gasteiger partial charge in [-0.05, 0) is 30.5 Å². The number of hydrogen-bond donors (Lipinski definition) is 2. The summed E-state index contributed by atoms with van der Waals surface area (Å²) in [6.07, 6.45) is 3.95. The van der Waals surface area contributed by atoms with Gasteiger partial charge in [0.25, 0.3) is 0 Å². The van der Waals surface area contributed by atoms with Crippen molar-refractivity contribution in [3.8, 4) is 0 Å². The van der Waals surface area contributed by atoms with Crippen LogP contribution in [0.3, 0.4) is 0 Å². The standard InChI is InChI=1S/C15H19N5O2S/c16-23(21,22)13-5-3-12(4-6-13)10-17-14-9-15(19-11-18-14)20-7-1-2-8-20/h3-6,9,11H,1-2,7-8,10H2,(H2,16,21,22)(H,17,18,19). The monoisotopic (exact) mass is 333 g/mol. The van der Waals surface area contributed by atoms with E-state index in [1.54, 1.807) is 18.5 Å². The van der Waals surface area contributed by atoms with Gasteiger partial charge in [0.05, 0.1) is 4.90 Å². The molecule has 1 aliphatic rings. The number of rotatable bonds is 5. The van der Waals surface area contributed by atoms with Crippen molar-refractivity contribution in [1.82, 2.24) is 9.97 Å². The number of aromatic nitrogens is 2. The molecule has 2 aromatic rings. The summed E-state index contributed by atoms with van der Waals surface area (Å²) in [7, 11) is -3.65. The van der Waals surface area contributed by atoms with Crippen LogP contribution in [0.4, 0.5) is 11.6 Å². The van der Waals surface area contributed by atoms with Gasteiger partial charge in [-0.25, -0.2) is 23.5 Å². The lowest BCUT2D eigenvalue weighted by Crippen LogP contribution is -2.19. The molecule has 0 atom stereocenters. The Hall–Kier alpha value is -2.19. The summed E-state index contributed by atoms with van der Waals surface area (Å²) in [5, 5.41) is 8.31. The van der Waals surface area contributed by atoms with Gasteiger partial charge in [0.15, 0.2) is 0 Å². The fraction of sp³-hybridized carbons (Fsp3) is 0.333. The van der Waals surface area contributed by atoms with E-state index in [1.165, 1.54) is 25.0 Å². The van der Waals surface area contributed by atoms with Crippen LogP contribution in [0.1, 0.15) is 18.4 Å². The van der Waals surface area contributed by atoms with Gasteiger partial charge in [-0.15, -0.1) is 0 Å². The molecular formula is C15H19N5O2S. The van der Waals surface area contributed by atoms with Crippen LogP contribution in [0.15, 0.2) is 41.6 Å². The summed E-state index contributed by atoms with van der Waals surface area (Å²) in [5.74, 6) is 1.68. The van der Waals surface area contributed by atoms with Crippen LogP contribution in [-0.2, 0) is 16.6 Å². The molecule has 23 heavy (non-hydrogen) atoms. The molecule has 0 spiro atoms. The average Bonchev–Trinajstić information content (AvgIpc) is 3.07. The Morgan fingerprint density at radius 1 is 1.13 bits per heavy atom. The molecule has 1 aromatic heterocycles. The van der Waals surface area contributed by atoms with Gasteiger partial charge in [-0.1, -0.05) is 12.1 Å². The van der Waals surface area contributed by atoms with Crippen molar-refractivity contribution in [1.29, 1.82) is 0 Å². The van der Waals surface area contributed by atoms with Crippen LogP contribution in [-0.4, -0.2) is 31.5 Å².